The molecule has 0 spiro atoms. The quantitative estimate of drug-likeness (QED) is 0.627. The van der Waals surface area contributed by atoms with Gasteiger partial charge in [-0.15, -0.1) is 0 Å². The monoisotopic (exact) mass is 320 g/mol. The van der Waals surface area contributed by atoms with Crippen LogP contribution in [0, 0.1) is 10.1 Å². The number of methoxy groups -OCH3 is 1. The van der Waals surface area contributed by atoms with Crippen molar-refractivity contribution < 1.29 is 9.66 Å². The van der Waals surface area contributed by atoms with E-state index >= 15 is 0 Å². The van der Waals surface area contributed by atoms with E-state index < -0.39 is 0 Å². The number of rotatable bonds is 4. The largest absolute Gasteiger partial charge is 0.481 e. The molecule has 23 heavy (non-hydrogen) atoms. The van der Waals surface area contributed by atoms with Crippen molar-refractivity contribution in [2.24, 2.45) is 0 Å². The summed E-state index contributed by atoms with van der Waals surface area (Å²) < 4.78 is 5.13. The van der Waals surface area contributed by atoms with Crippen molar-refractivity contribution in [1.29, 1.82) is 0 Å². The van der Waals surface area contributed by atoms with Gasteiger partial charge in [-0.1, -0.05) is 19.3 Å². The molecule has 3 rings (SSSR count). The van der Waals surface area contributed by atoms with Gasteiger partial charge in [0.05, 0.1) is 12.0 Å². The molecule has 0 radical (unpaired) electrons. The molecule has 0 unspecified atom stereocenters. The maximum absolute atomic E-state index is 11.3. The molecule has 7 nitrogen and oxygen atoms in total. The lowest BCUT2D eigenvalue weighted by Crippen LogP contribution is -2.51. The van der Waals surface area contributed by atoms with Crippen molar-refractivity contribution in [3.8, 4) is 5.88 Å². The average Bonchev–Trinajstić information content (AvgIpc) is 2.62. The van der Waals surface area contributed by atoms with Gasteiger partial charge in [-0.05, 0) is 12.8 Å². The number of aromatic nitrogens is 1. The topological polar surface area (TPSA) is 71.7 Å². The van der Waals surface area contributed by atoms with Crippen LogP contribution in [-0.2, 0) is 0 Å². The maximum atomic E-state index is 11.3. The molecular formula is C16H24N4O3. The van der Waals surface area contributed by atoms with Gasteiger partial charge < -0.3 is 9.64 Å². The Labute approximate surface area is 136 Å². The lowest BCUT2D eigenvalue weighted by molar-refractivity contribution is -0.384. The van der Waals surface area contributed by atoms with Crippen LogP contribution < -0.4 is 9.64 Å². The molecule has 1 saturated heterocycles. The SMILES string of the molecule is COc1ccc([N+](=O)[O-])c(N2CCN(C3CCCCC3)CC2)n1. The summed E-state index contributed by atoms with van der Waals surface area (Å²) in [5.41, 5.74) is 0.0527. The first-order valence-electron chi connectivity index (χ1n) is 8.37. The molecule has 0 aromatic carbocycles. The van der Waals surface area contributed by atoms with Crippen molar-refractivity contribution in [2.75, 3.05) is 38.2 Å². The van der Waals surface area contributed by atoms with Gasteiger partial charge in [0.1, 0.15) is 0 Å². The standard InChI is InChI=1S/C16H24N4O3/c1-23-15-8-7-14(20(21)22)16(17-15)19-11-9-18(10-12-19)13-5-3-2-4-6-13/h7-8,13H,2-6,9-12H2,1H3. The molecule has 7 heteroatoms. The lowest BCUT2D eigenvalue weighted by atomic mass is 9.94. The summed E-state index contributed by atoms with van der Waals surface area (Å²) in [4.78, 5) is 19.8. The number of piperazine rings is 1. The zero-order valence-corrected chi connectivity index (χ0v) is 13.6. The minimum atomic E-state index is -0.366. The van der Waals surface area contributed by atoms with E-state index in [9.17, 15) is 10.1 Å². The van der Waals surface area contributed by atoms with E-state index in [4.69, 9.17) is 4.74 Å². The predicted octanol–water partition coefficient (Wildman–Crippen LogP) is 2.45. The predicted molar refractivity (Wildman–Crippen MR) is 88.1 cm³/mol. The highest BCUT2D eigenvalue weighted by atomic mass is 16.6. The molecule has 0 atom stereocenters. The highest BCUT2D eigenvalue weighted by Gasteiger charge is 2.29. The van der Waals surface area contributed by atoms with Gasteiger partial charge in [-0.25, -0.2) is 0 Å². The van der Waals surface area contributed by atoms with E-state index in [0.29, 0.717) is 17.7 Å². The number of anilines is 1. The molecule has 1 aliphatic heterocycles. The summed E-state index contributed by atoms with van der Waals surface area (Å²) >= 11 is 0. The molecular weight excluding hydrogens is 296 g/mol. The van der Waals surface area contributed by atoms with Gasteiger partial charge in [0.15, 0.2) is 0 Å². The van der Waals surface area contributed by atoms with Crippen molar-refractivity contribution in [3.63, 3.8) is 0 Å². The summed E-state index contributed by atoms with van der Waals surface area (Å²) in [6.07, 6.45) is 6.59. The fourth-order valence-electron chi connectivity index (χ4n) is 3.66. The summed E-state index contributed by atoms with van der Waals surface area (Å²) in [5, 5.41) is 11.3. The summed E-state index contributed by atoms with van der Waals surface area (Å²) in [6, 6.07) is 3.72. The maximum Gasteiger partial charge on any atom is 0.311 e. The molecule has 0 amide bonds. The Bertz CT molecular complexity index is 552. The summed E-state index contributed by atoms with van der Waals surface area (Å²) in [5.74, 6) is 0.845. The molecule has 2 fully saturated rings. The Morgan fingerprint density at radius 3 is 2.48 bits per heavy atom. The van der Waals surface area contributed by atoms with E-state index in [-0.39, 0.29) is 10.6 Å². The van der Waals surface area contributed by atoms with E-state index in [2.05, 4.69) is 9.88 Å². The van der Waals surface area contributed by atoms with Crippen LogP contribution >= 0.6 is 0 Å². The van der Waals surface area contributed by atoms with Crippen LogP contribution in [0.25, 0.3) is 0 Å². The zero-order valence-electron chi connectivity index (χ0n) is 13.6. The Kier molecular flexibility index (Phi) is 4.95. The Hall–Kier alpha value is -1.89. The average molecular weight is 320 g/mol. The molecule has 0 bridgehead atoms. The minimum Gasteiger partial charge on any atom is -0.481 e. The number of pyridine rings is 1. The Balaban J connectivity index is 1.70. The van der Waals surface area contributed by atoms with Gasteiger partial charge in [-0.2, -0.15) is 4.98 Å². The van der Waals surface area contributed by atoms with E-state index in [0.717, 1.165) is 26.2 Å². The smallest absolute Gasteiger partial charge is 0.311 e. The fourth-order valence-corrected chi connectivity index (χ4v) is 3.66. The second-order valence-electron chi connectivity index (χ2n) is 6.27. The third-order valence-electron chi connectivity index (χ3n) is 4.94. The molecule has 126 valence electrons. The number of hydrogen-bond acceptors (Lipinski definition) is 6. The van der Waals surface area contributed by atoms with Crippen molar-refractivity contribution in [1.82, 2.24) is 9.88 Å². The zero-order chi connectivity index (χ0) is 16.2. The van der Waals surface area contributed by atoms with Crippen LogP contribution in [0.2, 0.25) is 0 Å². The molecule has 1 aromatic rings. The van der Waals surface area contributed by atoms with Crippen LogP contribution in [0.3, 0.4) is 0 Å². The van der Waals surface area contributed by atoms with Crippen molar-refractivity contribution in [2.45, 2.75) is 38.1 Å². The van der Waals surface area contributed by atoms with Gasteiger partial charge in [0.2, 0.25) is 11.7 Å². The van der Waals surface area contributed by atoms with Gasteiger partial charge >= 0.3 is 5.69 Å². The van der Waals surface area contributed by atoms with Crippen LogP contribution in [0.15, 0.2) is 12.1 Å². The minimum absolute atomic E-state index is 0.0527. The molecule has 0 N–H and O–H groups in total. The second kappa shape index (κ2) is 7.12. The molecule has 2 heterocycles. The van der Waals surface area contributed by atoms with Gasteiger partial charge in [0.25, 0.3) is 0 Å². The number of nitro groups is 1. The third-order valence-corrected chi connectivity index (χ3v) is 4.94. The molecule has 1 aliphatic carbocycles. The third kappa shape index (κ3) is 3.55. The normalized spacial score (nSPS) is 20.5. The van der Waals surface area contributed by atoms with E-state index in [1.165, 1.54) is 45.3 Å². The Morgan fingerprint density at radius 1 is 1.17 bits per heavy atom. The first-order valence-corrected chi connectivity index (χ1v) is 8.37. The van der Waals surface area contributed by atoms with Crippen LogP contribution in [0.4, 0.5) is 11.5 Å². The van der Waals surface area contributed by atoms with Crippen molar-refractivity contribution in [3.05, 3.63) is 22.2 Å². The first kappa shape index (κ1) is 16.0. The highest BCUT2D eigenvalue weighted by molar-refractivity contribution is 5.59. The lowest BCUT2D eigenvalue weighted by Gasteiger charge is -2.40. The number of ether oxygens (including phenoxy) is 1. The van der Waals surface area contributed by atoms with Crippen LogP contribution in [0.5, 0.6) is 5.88 Å². The second-order valence-corrected chi connectivity index (χ2v) is 6.27. The number of nitrogens with zero attached hydrogens (tertiary/aromatic N) is 4. The van der Waals surface area contributed by atoms with Gasteiger partial charge in [-0.3, -0.25) is 15.0 Å². The molecule has 2 aliphatic rings. The van der Waals surface area contributed by atoms with Gasteiger partial charge in [0, 0.05) is 44.4 Å². The fraction of sp³-hybridized carbons (Fsp3) is 0.688. The Morgan fingerprint density at radius 2 is 1.87 bits per heavy atom. The summed E-state index contributed by atoms with van der Waals surface area (Å²) in [7, 11) is 1.53. The van der Waals surface area contributed by atoms with Crippen LogP contribution in [-0.4, -0.2) is 54.1 Å². The van der Waals surface area contributed by atoms with Crippen LogP contribution in [0.1, 0.15) is 32.1 Å². The highest BCUT2D eigenvalue weighted by Crippen LogP contribution is 2.30. The molecule has 1 saturated carbocycles. The van der Waals surface area contributed by atoms with Crippen molar-refractivity contribution >= 4 is 11.5 Å². The number of hydrogen-bond donors (Lipinski definition) is 0. The van der Waals surface area contributed by atoms with E-state index in [1.807, 2.05) is 4.90 Å². The van der Waals surface area contributed by atoms with E-state index in [1.54, 1.807) is 6.07 Å². The first-order chi connectivity index (χ1) is 11.2. The summed E-state index contributed by atoms with van der Waals surface area (Å²) in [6.45, 7) is 3.44. The molecule has 1 aromatic heterocycles.